The molecule has 66 valence electrons. The number of carbonyl (C=O) groups is 1. The first-order chi connectivity index (χ1) is 5.52. The van der Waals surface area contributed by atoms with E-state index in [9.17, 15) is 13.6 Å². The van der Waals surface area contributed by atoms with Crippen LogP contribution in [0.3, 0.4) is 0 Å². The number of hydrogen-bond acceptors (Lipinski definition) is 3. The topological polar surface area (TPSA) is 63.3 Å². The molecule has 0 radical (unpaired) electrons. The summed E-state index contributed by atoms with van der Waals surface area (Å²) < 4.78 is 24.1. The molecule has 1 rings (SSSR count). The van der Waals surface area contributed by atoms with Gasteiger partial charge in [0, 0.05) is 0 Å². The Hall–Kier alpha value is -1.17. The Bertz CT molecular complexity index is 310. The number of carboxylic acid groups (broad SMARTS) is 1. The molecule has 0 bridgehead atoms. The van der Waals surface area contributed by atoms with Crippen molar-refractivity contribution in [3.8, 4) is 0 Å². The van der Waals surface area contributed by atoms with Gasteiger partial charge in [0.15, 0.2) is 0 Å². The number of hydrogen-bond donors (Lipinski definition) is 2. The predicted molar refractivity (Wildman–Crippen MR) is 40.6 cm³/mol. The second-order valence-electron chi connectivity index (χ2n) is 2.04. The third-order valence-corrected chi connectivity index (χ3v) is 2.35. The van der Waals surface area contributed by atoms with Crippen molar-refractivity contribution < 1.29 is 18.7 Å². The smallest absolute Gasteiger partial charge is 0.345 e. The summed E-state index contributed by atoms with van der Waals surface area (Å²) in [5.74, 6) is -1.24. The molecule has 1 aromatic rings. The van der Waals surface area contributed by atoms with Crippen molar-refractivity contribution in [3.63, 3.8) is 0 Å². The average Bonchev–Trinajstić information content (AvgIpc) is 2.30. The minimum absolute atomic E-state index is 0.160. The van der Waals surface area contributed by atoms with Crippen molar-refractivity contribution in [1.82, 2.24) is 0 Å². The van der Waals surface area contributed by atoms with E-state index < -0.39 is 12.4 Å². The largest absolute Gasteiger partial charge is 0.477 e. The highest BCUT2D eigenvalue weighted by Gasteiger charge is 2.18. The molecule has 0 aliphatic heterocycles. The van der Waals surface area contributed by atoms with E-state index in [1.54, 1.807) is 0 Å². The fraction of sp³-hybridized carbons (Fsp3) is 0.167. The third kappa shape index (κ3) is 1.53. The molecule has 0 atom stereocenters. The molecule has 0 aliphatic carbocycles. The highest BCUT2D eigenvalue weighted by molar-refractivity contribution is 7.14. The third-order valence-electron chi connectivity index (χ3n) is 1.20. The monoisotopic (exact) mass is 193 g/mol. The van der Waals surface area contributed by atoms with E-state index in [-0.39, 0.29) is 15.4 Å². The Kier molecular flexibility index (Phi) is 2.27. The number of aromatic carboxylic acids is 1. The maximum atomic E-state index is 12.0. The summed E-state index contributed by atoms with van der Waals surface area (Å²) in [6.45, 7) is 0. The molecule has 0 saturated carbocycles. The van der Waals surface area contributed by atoms with Gasteiger partial charge in [-0.2, -0.15) is 0 Å². The summed E-state index contributed by atoms with van der Waals surface area (Å²) in [4.78, 5) is 9.75. The van der Waals surface area contributed by atoms with Crippen molar-refractivity contribution in [2.75, 3.05) is 5.73 Å². The molecule has 12 heavy (non-hydrogen) atoms. The minimum Gasteiger partial charge on any atom is -0.477 e. The molecular weight excluding hydrogens is 188 g/mol. The van der Waals surface area contributed by atoms with Crippen LogP contribution in [-0.4, -0.2) is 11.1 Å². The van der Waals surface area contributed by atoms with E-state index in [4.69, 9.17) is 10.8 Å². The van der Waals surface area contributed by atoms with Gasteiger partial charge < -0.3 is 10.8 Å². The first kappa shape index (κ1) is 8.92. The van der Waals surface area contributed by atoms with E-state index >= 15 is 0 Å². The maximum absolute atomic E-state index is 12.0. The van der Waals surface area contributed by atoms with Crippen LogP contribution in [-0.2, 0) is 0 Å². The van der Waals surface area contributed by atoms with Crippen LogP contribution in [0.1, 0.15) is 21.0 Å². The number of thiophene rings is 1. The molecule has 0 aliphatic rings. The number of halogens is 2. The number of alkyl halides is 2. The van der Waals surface area contributed by atoms with Crippen LogP contribution in [0, 0.1) is 0 Å². The first-order valence-electron chi connectivity index (χ1n) is 2.93. The molecule has 0 spiro atoms. The summed E-state index contributed by atoms with van der Waals surface area (Å²) in [7, 11) is 0. The molecule has 0 saturated heterocycles. The van der Waals surface area contributed by atoms with Gasteiger partial charge in [-0.05, 0) is 6.07 Å². The van der Waals surface area contributed by atoms with Gasteiger partial charge in [-0.3, -0.25) is 0 Å². The second-order valence-corrected chi connectivity index (χ2v) is 3.12. The lowest BCUT2D eigenvalue weighted by Crippen LogP contribution is -1.90. The predicted octanol–water partition coefficient (Wildman–Crippen LogP) is 1.97. The lowest BCUT2D eigenvalue weighted by Gasteiger charge is -1.93. The minimum atomic E-state index is -2.71. The fourth-order valence-corrected chi connectivity index (χ4v) is 1.47. The normalized spacial score (nSPS) is 10.6. The summed E-state index contributed by atoms with van der Waals surface area (Å²) in [5, 5.41) is 8.41. The van der Waals surface area contributed by atoms with E-state index in [1.807, 2.05) is 0 Å². The lowest BCUT2D eigenvalue weighted by molar-refractivity contribution is 0.0702. The zero-order valence-corrected chi connectivity index (χ0v) is 6.57. The van der Waals surface area contributed by atoms with E-state index in [2.05, 4.69) is 0 Å². The Morgan fingerprint density at radius 1 is 1.67 bits per heavy atom. The van der Waals surface area contributed by atoms with Gasteiger partial charge in [0.2, 0.25) is 0 Å². The van der Waals surface area contributed by atoms with Crippen molar-refractivity contribution in [2.45, 2.75) is 6.43 Å². The average molecular weight is 193 g/mol. The van der Waals surface area contributed by atoms with Gasteiger partial charge >= 0.3 is 5.97 Å². The van der Waals surface area contributed by atoms with Gasteiger partial charge in [-0.1, -0.05) is 0 Å². The van der Waals surface area contributed by atoms with E-state index in [0.29, 0.717) is 11.3 Å². The highest BCUT2D eigenvalue weighted by Crippen LogP contribution is 2.33. The first-order valence-corrected chi connectivity index (χ1v) is 3.74. The van der Waals surface area contributed by atoms with Crippen LogP contribution in [0.15, 0.2) is 6.07 Å². The maximum Gasteiger partial charge on any atom is 0.345 e. The van der Waals surface area contributed by atoms with Crippen LogP contribution >= 0.6 is 11.3 Å². The van der Waals surface area contributed by atoms with Crippen LogP contribution in [0.4, 0.5) is 14.5 Å². The number of carboxylic acids is 1. The van der Waals surface area contributed by atoms with Crippen LogP contribution in [0.2, 0.25) is 0 Å². The summed E-state index contributed by atoms with van der Waals surface area (Å²) in [6.07, 6.45) is -2.71. The SMILES string of the molecule is Nc1cc(C(=O)O)sc1C(F)F. The van der Waals surface area contributed by atoms with Gasteiger partial charge in [-0.15, -0.1) is 11.3 Å². The van der Waals surface area contributed by atoms with Crippen molar-refractivity contribution in [3.05, 3.63) is 15.8 Å². The zero-order chi connectivity index (χ0) is 9.30. The van der Waals surface area contributed by atoms with Crippen molar-refractivity contribution in [2.24, 2.45) is 0 Å². The summed E-state index contributed by atoms with van der Waals surface area (Å²) in [5.41, 5.74) is 4.99. The molecule has 3 N–H and O–H groups in total. The lowest BCUT2D eigenvalue weighted by atomic mass is 10.3. The Morgan fingerprint density at radius 3 is 2.50 bits per heavy atom. The Balaban J connectivity index is 3.09. The molecule has 1 heterocycles. The second kappa shape index (κ2) is 3.06. The molecular formula is C6H5F2NO2S. The van der Waals surface area contributed by atoms with Gasteiger partial charge in [0.1, 0.15) is 4.88 Å². The quantitative estimate of drug-likeness (QED) is 0.754. The Morgan fingerprint density at radius 2 is 2.25 bits per heavy atom. The number of anilines is 1. The molecule has 0 fully saturated rings. The van der Waals surface area contributed by atoms with Gasteiger partial charge in [0.05, 0.1) is 10.6 Å². The van der Waals surface area contributed by atoms with Crippen LogP contribution < -0.4 is 5.73 Å². The zero-order valence-electron chi connectivity index (χ0n) is 5.75. The fourth-order valence-electron chi connectivity index (χ4n) is 0.695. The van der Waals surface area contributed by atoms with Crippen molar-refractivity contribution >= 4 is 23.0 Å². The Labute approximate surface area is 70.4 Å². The standard InChI is InChI=1S/C6H5F2NO2S/c7-5(8)4-2(9)1-3(12-4)6(10)11/h1,5H,9H2,(H,10,11). The van der Waals surface area contributed by atoms with E-state index in [1.165, 1.54) is 0 Å². The molecule has 0 aromatic carbocycles. The number of nitrogens with two attached hydrogens (primary N) is 1. The van der Waals surface area contributed by atoms with Crippen LogP contribution in [0.5, 0.6) is 0 Å². The van der Waals surface area contributed by atoms with Gasteiger partial charge in [0.25, 0.3) is 6.43 Å². The van der Waals surface area contributed by atoms with Crippen molar-refractivity contribution in [1.29, 1.82) is 0 Å². The van der Waals surface area contributed by atoms with E-state index in [0.717, 1.165) is 6.07 Å². The summed E-state index contributed by atoms with van der Waals surface area (Å²) >= 11 is 0.501. The summed E-state index contributed by atoms with van der Waals surface area (Å²) in [6, 6.07) is 1.04. The number of rotatable bonds is 2. The number of nitrogen functional groups attached to an aromatic ring is 1. The molecule has 3 nitrogen and oxygen atoms in total. The molecule has 0 unspecified atom stereocenters. The molecule has 6 heteroatoms. The highest BCUT2D eigenvalue weighted by atomic mass is 32.1. The van der Waals surface area contributed by atoms with Crippen LogP contribution in [0.25, 0.3) is 0 Å². The van der Waals surface area contributed by atoms with Gasteiger partial charge in [-0.25, -0.2) is 13.6 Å². The molecule has 0 amide bonds. The molecule has 1 aromatic heterocycles.